The number of amides is 1. The van der Waals surface area contributed by atoms with Crippen LogP contribution in [0.15, 0.2) is 18.5 Å². The first-order valence-electron chi connectivity index (χ1n) is 10.9. The number of hydrogen-bond donors (Lipinski definition) is 2. The molecular weight excluding hydrogens is 430 g/mol. The largest absolute Gasteiger partial charge is 0.489 e. The van der Waals surface area contributed by atoms with Gasteiger partial charge in [-0.2, -0.15) is 4.98 Å². The molecule has 0 aromatic carbocycles. The van der Waals surface area contributed by atoms with Crippen molar-refractivity contribution in [3.63, 3.8) is 0 Å². The second-order valence-corrected chi connectivity index (χ2v) is 7.78. The van der Waals surface area contributed by atoms with Crippen LogP contribution in [-0.2, 0) is 4.74 Å². The van der Waals surface area contributed by atoms with Gasteiger partial charge in [0, 0.05) is 32.0 Å². The topological polar surface area (TPSA) is 128 Å². The molecule has 0 atom stereocenters. The fourth-order valence-corrected chi connectivity index (χ4v) is 3.33. The van der Waals surface area contributed by atoms with Gasteiger partial charge in [0.25, 0.3) is 5.88 Å². The summed E-state index contributed by atoms with van der Waals surface area (Å²) in [6, 6.07) is 3.51. The van der Waals surface area contributed by atoms with E-state index in [2.05, 4.69) is 20.3 Å². The van der Waals surface area contributed by atoms with E-state index in [0.717, 1.165) is 0 Å². The summed E-state index contributed by atoms with van der Waals surface area (Å²) in [6.45, 7) is 6.68. The molecule has 2 aromatic rings. The van der Waals surface area contributed by atoms with Gasteiger partial charge in [-0.05, 0) is 26.8 Å². The van der Waals surface area contributed by atoms with Crippen molar-refractivity contribution >= 4 is 17.6 Å². The molecule has 0 radical (unpaired) electrons. The number of likely N-dealkylation sites (tertiary alicyclic amines) is 1. The standard InChI is InChI=1S/C22H31N5O6/c1-14(2)32-22(29)27-9-7-16(8-10-27)33-21-19(30-4)20(23-13-24-21)26-17-5-6-18(25-15(17)3)31-12-11-28/h5-6,13-14,16,28H,7-12H2,1-4H3,(H,23,24,26). The van der Waals surface area contributed by atoms with Crippen LogP contribution in [0.1, 0.15) is 32.4 Å². The highest BCUT2D eigenvalue weighted by Gasteiger charge is 2.27. The number of piperidine rings is 1. The molecular formula is C22H31N5O6. The summed E-state index contributed by atoms with van der Waals surface area (Å²) in [6.07, 6.45) is 2.15. The van der Waals surface area contributed by atoms with E-state index in [9.17, 15) is 4.79 Å². The Labute approximate surface area is 193 Å². The first kappa shape index (κ1) is 24.3. The lowest BCUT2D eigenvalue weighted by atomic mass is 10.1. The number of pyridine rings is 1. The normalized spacial score (nSPS) is 14.2. The van der Waals surface area contributed by atoms with E-state index in [1.807, 2.05) is 26.8 Å². The van der Waals surface area contributed by atoms with E-state index < -0.39 is 0 Å². The number of aliphatic hydroxyl groups is 1. The molecule has 1 aliphatic rings. The van der Waals surface area contributed by atoms with Gasteiger partial charge in [0.2, 0.25) is 11.6 Å². The number of hydrogen-bond acceptors (Lipinski definition) is 10. The summed E-state index contributed by atoms with van der Waals surface area (Å²) in [5, 5.41) is 12.1. The van der Waals surface area contributed by atoms with Gasteiger partial charge in [-0.15, -0.1) is 0 Å². The molecule has 0 bridgehead atoms. The van der Waals surface area contributed by atoms with Crippen LogP contribution in [-0.4, -0.2) is 76.7 Å². The highest BCUT2D eigenvalue weighted by molar-refractivity contribution is 5.68. The van der Waals surface area contributed by atoms with Gasteiger partial charge in [-0.3, -0.25) is 0 Å². The van der Waals surface area contributed by atoms with Crippen LogP contribution >= 0.6 is 0 Å². The van der Waals surface area contributed by atoms with Crippen molar-refractivity contribution in [2.45, 2.75) is 45.8 Å². The van der Waals surface area contributed by atoms with Crippen LogP contribution < -0.4 is 19.5 Å². The van der Waals surface area contributed by atoms with Gasteiger partial charge in [-0.1, -0.05) is 0 Å². The van der Waals surface area contributed by atoms with Crippen molar-refractivity contribution in [3.8, 4) is 17.5 Å². The van der Waals surface area contributed by atoms with Crippen molar-refractivity contribution in [1.82, 2.24) is 19.9 Å². The molecule has 3 rings (SSSR count). The second kappa shape index (κ2) is 11.5. The van der Waals surface area contributed by atoms with Crippen molar-refractivity contribution < 1.29 is 28.8 Å². The molecule has 2 N–H and O–H groups in total. The first-order valence-corrected chi connectivity index (χ1v) is 10.9. The molecule has 11 heteroatoms. The highest BCUT2D eigenvalue weighted by atomic mass is 16.6. The van der Waals surface area contributed by atoms with Crippen LogP contribution in [0.25, 0.3) is 0 Å². The Morgan fingerprint density at radius 2 is 2.03 bits per heavy atom. The predicted molar refractivity (Wildman–Crippen MR) is 120 cm³/mol. The molecule has 0 spiro atoms. The Hall–Kier alpha value is -3.34. The molecule has 1 fully saturated rings. The molecule has 0 saturated carbocycles. The number of rotatable bonds is 9. The monoisotopic (exact) mass is 461 g/mol. The van der Waals surface area contributed by atoms with E-state index >= 15 is 0 Å². The fraction of sp³-hybridized carbons (Fsp3) is 0.545. The maximum Gasteiger partial charge on any atom is 0.410 e. The third kappa shape index (κ3) is 6.58. The number of carbonyl (C=O) groups excluding carboxylic acids is 1. The summed E-state index contributed by atoms with van der Waals surface area (Å²) in [7, 11) is 1.53. The summed E-state index contributed by atoms with van der Waals surface area (Å²) in [4.78, 5) is 26.7. The van der Waals surface area contributed by atoms with Crippen LogP contribution in [0.5, 0.6) is 17.5 Å². The fourth-order valence-electron chi connectivity index (χ4n) is 3.33. The molecule has 0 aliphatic carbocycles. The number of aromatic nitrogens is 3. The lowest BCUT2D eigenvalue weighted by Crippen LogP contribution is -2.42. The van der Waals surface area contributed by atoms with E-state index in [4.69, 9.17) is 24.1 Å². The predicted octanol–water partition coefficient (Wildman–Crippen LogP) is 2.69. The van der Waals surface area contributed by atoms with E-state index in [-0.39, 0.29) is 31.5 Å². The Bertz CT molecular complexity index is 933. The number of aliphatic hydroxyl groups excluding tert-OH is 1. The number of aryl methyl sites for hydroxylation is 1. The molecule has 1 saturated heterocycles. The number of carbonyl (C=O) groups is 1. The number of methoxy groups -OCH3 is 1. The van der Waals surface area contributed by atoms with Gasteiger partial charge in [0.15, 0.2) is 5.82 Å². The van der Waals surface area contributed by atoms with Crippen molar-refractivity contribution in [1.29, 1.82) is 0 Å². The average Bonchev–Trinajstić information content (AvgIpc) is 2.79. The van der Waals surface area contributed by atoms with Crippen LogP contribution in [0.3, 0.4) is 0 Å². The smallest absolute Gasteiger partial charge is 0.410 e. The van der Waals surface area contributed by atoms with Gasteiger partial charge < -0.3 is 34.3 Å². The minimum atomic E-state index is -0.300. The zero-order chi connectivity index (χ0) is 23.8. The maximum atomic E-state index is 12.1. The summed E-state index contributed by atoms with van der Waals surface area (Å²) in [5.41, 5.74) is 1.40. The molecule has 2 aromatic heterocycles. The van der Waals surface area contributed by atoms with Crippen LogP contribution in [0.2, 0.25) is 0 Å². The Kier molecular flexibility index (Phi) is 8.47. The van der Waals surface area contributed by atoms with Gasteiger partial charge in [-0.25, -0.2) is 14.8 Å². The van der Waals surface area contributed by atoms with Crippen molar-refractivity contribution in [2.75, 3.05) is 38.7 Å². The zero-order valence-electron chi connectivity index (χ0n) is 19.4. The highest BCUT2D eigenvalue weighted by Crippen LogP contribution is 2.35. The minimum Gasteiger partial charge on any atom is -0.489 e. The third-order valence-corrected chi connectivity index (χ3v) is 4.94. The maximum absolute atomic E-state index is 12.1. The van der Waals surface area contributed by atoms with Crippen molar-refractivity contribution in [2.24, 2.45) is 0 Å². The Morgan fingerprint density at radius 3 is 2.67 bits per heavy atom. The van der Waals surface area contributed by atoms with Gasteiger partial charge >= 0.3 is 6.09 Å². The summed E-state index contributed by atoms with van der Waals surface area (Å²) in [5.74, 6) is 1.56. The Balaban J connectivity index is 1.66. The van der Waals surface area contributed by atoms with Gasteiger partial charge in [0.05, 0.1) is 31.2 Å². The lowest BCUT2D eigenvalue weighted by Gasteiger charge is -2.31. The lowest BCUT2D eigenvalue weighted by molar-refractivity contribution is 0.0500. The quantitative estimate of drug-likeness (QED) is 0.575. The first-order chi connectivity index (χ1) is 15.9. The van der Waals surface area contributed by atoms with Crippen LogP contribution in [0.4, 0.5) is 16.3 Å². The van der Waals surface area contributed by atoms with E-state index in [1.165, 1.54) is 13.4 Å². The molecule has 180 valence electrons. The SMILES string of the molecule is COc1c(Nc2ccc(OCCO)nc2C)ncnc1OC1CCN(C(=O)OC(C)C)CC1. The second-order valence-electron chi connectivity index (χ2n) is 7.78. The molecule has 3 heterocycles. The number of anilines is 2. The molecule has 1 amide bonds. The third-order valence-electron chi connectivity index (χ3n) is 4.94. The molecule has 11 nitrogen and oxygen atoms in total. The minimum absolute atomic E-state index is 0.0807. The summed E-state index contributed by atoms with van der Waals surface area (Å²) >= 11 is 0. The number of nitrogens with one attached hydrogen (secondary N) is 1. The molecule has 1 aliphatic heterocycles. The van der Waals surface area contributed by atoms with Gasteiger partial charge in [0.1, 0.15) is 19.0 Å². The number of nitrogens with zero attached hydrogens (tertiary/aromatic N) is 4. The molecule has 0 unspecified atom stereocenters. The van der Waals surface area contributed by atoms with Crippen molar-refractivity contribution in [3.05, 3.63) is 24.2 Å². The zero-order valence-corrected chi connectivity index (χ0v) is 19.4. The van der Waals surface area contributed by atoms with Crippen LogP contribution in [0, 0.1) is 6.92 Å². The Morgan fingerprint density at radius 1 is 1.27 bits per heavy atom. The van der Waals surface area contributed by atoms with E-state index in [0.29, 0.717) is 60.6 Å². The van der Waals surface area contributed by atoms with E-state index in [1.54, 1.807) is 11.0 Å². The average molecular weight is 462 g/mol. The number of ether oxygens (including phenoxy) is 4. The summed E-state index contributed by atoms with van der Waals surface area (Å²) < 4.78 is 22.2. The molecule has 33 heavy (non-hydrogen) atoms.